The molecule has 0 N–H and O–H groups in total. The van der Waals surface area contributed by atoms with Gasteiger partial charge in [-0.2, -0.15) is 0 Å². The van der Waals surface area contributed by atoms with E-state index >= 15 is 0 Å². The van der Waals surface area contributed by atoms with Gasteiger partial charge in [-0.15, -0.1) is 0 Å². The first-order chi connectivity index (χ1) is 9.39. The van der Waals surface area contributed by atoms with E-state index in [0.29, 0.717) is 13.1 Å². The van der Waals surface area contributed by atoms with E-state index in [4.69, 9.17) is 9.47 Å². The lowest BCUT2D eigenvalue weighted by molar-refractivity contribution is 0.0306. The van der Waals surface area contributed by atoms with Crippen molar-refractivity contribution in [3.63, 3.8) is 0 Å². The molecule has 0 spiro atoms. The van der Waals surface area contributed by atoms with Crippen LogP contribution >= 0.6 is 0 Å². The molecule has 1 aromatic rings. The van der Waals surface area contributed by atoms with Crippen LogP contribution in [0.25, 0.3) is 5.57 Å². The van der Waals surface area contributed by atoms with E-state index in [9.17, 15) is 4.79 Å². The molecule has 4 nitrogen and oxygen atoms in total. The largest absolute Gasteiger partial charge is 0.497 e. The Hall–Kier alpha value is -1.97. The summed E-state index contributed by atoms with van der Waals surface area (Å²) in [6.07, 6.45) is 1.78. The molecule has 1 aliphatic heterocycles. The van der Waals surface area contributed by atoms with Gasteiger partial charge in [-0.25, -0.2) is 4.79 Å². The van der Waals surface area contributed by atoms with Crippen LogP contribution in [0.15, 0.2) is 30.3 Å². The lowest BCUT2D eigenvalue weighted by atomic mass is 10.1. The summed E-state index contributed by atoms with van der Waals surface area (Å²) in [7, 11) is 1.65. The first-order valence-corrected chi connectivity index (χ1v) is 6.70. The second-order valence-corrected chi connectivity index (χ2v) is 5.82. The van der Waals surface area contributed by atoms with Gasteiger partial charge in [-0.05, 0) is 44.0 Å². The molecular formula is C16H21NO3. The maximum Gasteiger partial charge on any atom is 0.410 e. The average molecular weight is 275 g/mol. The minimum Gasteiger partial charge on any atom is -0.497 e. The number of benzene rings is 1. The van der Waals surface area contributed by atoms with Crippen LogP contribution in [0.5, 0.6) is 5.75 Å². The Morgan fingerprint density at radius 2 is 2.05 bits per heavy atom. The zero-order valence-electron chi connectivity index (χ0n) is 12.5. The van der Waals surface area contributed by atoms with Gasteiger partial charge in [0, 0.05) is 13.1 Å². The summed E-state index contributed by atoms with van der Waals surface area (Å²) < 4.78 is 10.6. The lowest BCUT2D eigenvalue weighted by Crippen LogP contribution is -2.35. The van der Waals surface area contributed by atoms with Crippen molar-refractivity contribution in [3.8, 4) is 5.75 Å². The monoisotopic (exact) mass is 275 g/mol. The first-order valence-electron chi connectivity index (χ1n) is 6.70. The number of methoxy groups -OCH3 is 1. The number of ether oxygens (including phenoxy) is 2. The van der Waals surface area contributed by atoms with E-state index in [1.807, 2.05) is 45.0 Å². The Balaban J connectivity index is 2.02. The highest BCUT2D eigenvalue weighted by molar-refractivity contribution is 5.77. The highest BCUT2D eigenvalue weighted by Gasteiger charge is 2.25. The SMILES string of the molecule is COc1cccc(C2=CCN(C(=O)OC(C)(C)C)C2)c1. The zero-order valence-corrected chi connectivity index (χ0v) is 12.5. The molecule has 0 atom stereocenters. The zero-order chi connectivity index (χ0) is 14.8. The van der Waals surface area contributed by atoms with Crippen LogP contribution < -0.4 is 4.74 Å². The predicted molar refractivity (Wildman–Crippen MR) is 78.8 cm³/mol. The summed E-state index contributed by atoms with van der Waals surface area (Å²) in [6.45, 7) is 6.77. The van der Waals surface area contributed by atoms with Crippen LogP contribution in [0.3, 0.4) is 0 Å². The highest BCUT2D eigenvalue weighted by Crippen LogP contribution is 2.25. The molecule has 1 heterocycles. The third kappa shape index (κ3) is 3.53. The molecule has 0 unspecified atom stereocenters. The number of hydrogen-bond donors (Lipinski definition) is 0. The van der Waals surface area contributed by atoms with Gasteiger partial charge >= 0.3 is 6.09 Å². The van der Waals surface area contributed by atoms with Crippen LogP contribution in [0.4, 0.5) is 4.79 Å². The van der Waals surface area contributed by atoms with Crippen molar-refractivity contribution < 1.29 is 14.3 Å². The molecule has 0 aromatic heterocycles. The summed E-state index contributed by atoms with van der Waals surface area (Å²) in [4.78, 5) is 13.7. The molecule has 0 radical (unpaired) electrons. The molecule has 0 bridgehead atoms. The van der Waals surface area contributed by atoms with Crippen LogP contribution in [-0.2, 0) is 4.74 Å². The Kier molecular flexibility index (Phi) is 4.02. The minimum atomic E-state index is -0.462. The summed E-state index contributed by atoms with van der Waals surface area (Å²) in [5, 5.41) is 0. The number of carbonyl (C=O) groups is 1. The summed E-state index contributed by atoms with van der Waals surface area (Å²) in [6, 6.07) is 7.85. The summed E-state index contributed by atoms with van der Waals surface area (Å²) >= 11 is 0. The second kappa shape index (κ2) is 5.57. The van der Waals surface area contributed by atoms with Crippen molar-refractivity contribution in [3.05, 3.63) is 35.9 Å². The van der Waals surface area contributed by atoms with Crippen LogP contribution in [-0.4, -0.2) is 36.8 Å². The van der Waals surface area contributed by atoms with Gasteiger partial charge in [0.05, 0.1) is 7.11 Å². The highest BCUT2D eigenvalue weighted by atomic mass is 16.6. The smallest absolute Gasteiger partial charge is 0.410 e. The van der Waals surface area contributed by atoms with Crippen LogP contribution in [0, 0.1) is 0 Å². The maximum absolute atomic E-state index is 12.0. The number of amides is 1. The molecule has 1 amide bonds. The van der Waals surface area contributed by atoms with Crippen molar-refractivity contribution in [1.29, 1.82) is 0 Å². The van der Waals surface area contributed by atoms with Gasteiger partial charge < -0.3 is 14.4 Å². The van der Waals surface area contributed by atoms with Crippen LogP contribution in [0.2, 0.25) is 0 Å². The molecule has 1 aromatic carbocycles. The Morgan fingerprint density at radius 1 is 1.30 bits per heavy atom. The lowest BCUT2D eigenvalue weighted by Gasteiger charge is -2.24. The summed E-state index contributed by atoms with van der Waals surface area (Å²) in [5.41, 5.74) is 1.74. The van der Waals surface area contributed by atoms with E-state index in [-0.39, 0.29) is 6.09 Å². The molecule has 0 aliphatic carbocycles. The third-order valence-electron chi connectivity index (χ3n) is 3.01. The molecule has 0 fully saturated rings. The number of rotatable bonds is 2. The molecule has 0 saturated heterocycles. The molecule has 4 heteroatoms. The predicted octanol–water partition coefficient (Wildman–Crippen LogP) is 3.33. The fourth-order valence-electron chi connectivity index (χ4n) is 2.05. The van der Waals surface area contributed by atoms with Gasteiger partial charge in [0.25, 0.3) is 0 Å². The molecule has 0 saturated carbocycles. The quantitative estimate of drug-likeness (QED) is 0.831. The molecule has 2 rings (SSSR count). The first kappa shape index (κ1) is 14.4. The van der Waals surface area contributed by atoms with Crippen molar-refractivity contribution in [2.45, 2.75) is 26.4 Å². The molecule has 20 heavy (non-hydrogen) atoms. The average Bonchev–Trinajstić information content (AvgIpc) is 2.86. The van der Waals surface area contributed by atoms with Gasteiger partial charge in [0.1, 0.15) is 11.4 Å². The summed E-state index contributed by atoms with van der Waals surface area (Å²) in [5.74, 6) is 0.819. The van der Waals surface area contributed by atoms with E-state index in [1.54, 1.807) is 12.0 Å². The maximum atomic E-state index is 12.0. The van der Waals surface area contributed by atoms with Gasteiger partial charge in [0.15, 0.2) is 0 Å². The van der Waals surface area contributed by atoms with Crippen molar-refractivity contribution >= 4 is 11.7 Å². The van der Waals surface area contributed by atoms with E-state index in [2.05, 4.69) is 6.08 Å². The fourth-order valence-corrected chi connectivity index (χ4v) is 2.05. The van der Waals surface area contributed by atoms with Gasteiger partial charge in [-0.1, -0.05) is 18.2 Å². The van der Waals surface area contributed by atoms with Crippen LogP contribution in [0.1, 0.15) is 26.3 Å². The number of carbonyl (C=O) groups excluding carboxylic acids is 1. The van der Waals surface area contributed by atoms with Crippen molar-refractivity contribution in [2.75, 3.05) is 20.2 Å². The number of nitrogens with zero attached hydrogens (tertiary/aromatic N) is 1. The fraction of sp³-hybridized carbons (Fsp3) is 0.438. The van der Waals surface area contributed by atoms with Crippen molar-refractivity contribution in [1.82, 2.24) is 4.90 Å². The van der Waals surface area contributed by atoms with E-state index in [0.717, 1.165) is 16.9 Å². The van der Waals surface area contributed by atoms with Crippen molar-refractivity contribution in [2.24, 2.45) is 0 Å². The topological polar surface area (TPSA) is 38.8 Å². The normalized spacial score (nSPS) is 15.0. The van der Waals surface area contributed by atoms with Gasteiger partial charge in [-0.3, -0.25) is 0 Å². The van der Waals surface area contributed by atoms with E-state index < -0.39 is 5.60 Å². The number of hydrogen-bond acceptors (Lipinski definition) is 3. The standard InChI is InChI=1S/C16H21NO3/c1-16(2,3)20-15(18)17-9-8-13(11-17)12-6-5-7-14(10-12)19-4/h5-8,10H,9,11H2,1-4H3. The van der Waals surface area contributed by atoms with E-state index in [1.165, 1.54) is 0 Å². The second-order valence-electron chi connectivity index (χ2n) is 5.82. The minimum absolute atomic E-state index is 0.272. The molecule has 1 aliphatic rings. The van der Waals surface area contributed by atoms with Gasteiger partial charge in [0.2, 0.25) is 0 Å². The third-order valence-corrected chi connectivity index (χ3v) is 3.01. The Morgan fingerprint density at radius 3 is 2.70 bits per heavy atom. The Bertz CT molecular complexity index is 529. The molecular weight excluding hydrogens is 254 g/mol. The molecule has 108 valence electrons. The Labute approximate surface area is 120 Å².